The Balaban J connectivity index is 0.00000576. The van der Waals surface area contributed by atoms with E-state index in [1.54, 1.807) is 0 Å². The summed E-state index contributed by atoms with van der Waals surface area (Å²) in [5, 5.41) is -1.04. The van der Waals surface area contributed by atoms with Gasteiger partial charge < -0.3 is 9.29 Å². The fourth-order valence-corrected chi connectivity index (χ4v) is 2.79. The summed E-state index contributed by atoms with van der Waals surface area (Å²) >= 11 is 0. The van der Waals surface area contributed by atoms with Crippen molar-refractivity contribution in [3.05, 3.63) is 29.3 Å². The zero-order valence-corrected chi connectivity index (χ0v) is 19.0. The van der Waals surface area contributed by atoms with Crippen LogP contribution in [0.4, 0.5) is 0 Å². The van der Waals surface area contributed by atoms with Crippen LogP contribution < -0.4 is 34.3 Å². The van der Waals surface area contributed by atoms with Crippen molar-refractivity contribution in [3.63, 3.8) is 0 Å². The maximum absolute atomic E-state index is 11.0. The SMILES string of the molecule is CCCCCc1ccc(OCC(C)S(=O)(=O)[O-])c(CCCCC)c1.[Na+]. The van der Waals surface area contributed by atoms with E-state index >= 15 is 0 Å². The maximum atomic E-state index is 11.0. The molecule has 0 amide bonds. The van der Waals surface area contributed by atoms with Crippen LogP contribution >= 0.6 is 0 Å². The summed E-state index contributed by atoms with van der Waals surface area (Å²) in [7, 11) is -4.30. The third-order valence-electron chi connectivity index (χ3n) is 4.21. The van der Waals surface area contributed by atoms with Crippen molar-refractivity contribution in [3.8, 4) is 5.75 Å². The van der Waals surface area contributed by atoms with E-state index in [1.165, 1.54) is 31.7 Å². The molecule has 6 heteroatoms. The molecule has 0 aliphatic carbocycles. The Kier molecular flexibility index (Phi) is 13.1. The number of ether oxygens (including phenoxy) is 1. The van der Waals surface area contributed by atoms with E-state index in [-0.39, 0.29) is 36.2 Å². The molecule has 0 bridgehead atoms. The van der Waals surface area contributed by atoms with Gasteiger partial charge in [0.2, 0.25) is 0 Å². The Bertz CT molecular complexity index is 587. The zero-order chi connectivity index (χ0) is 18.0. The van der Waals surface area contributed by atoms with E-state index in [9.17, 15) is 13.0 Å². The van der Waals surface area contributed by atoms with Crippen LogP contribution in [0.2, 0.25) is 0 Å². The second-order valence-corrected chi connectivity index (χ2v) is 8.26. The maximum Gasteiger partial charge on any atom is 1.00 e. The van der Waals surface area contributed by atoms with E-state index in [0.717, 1.165) is 37.7 Å². The molecule has 0 saturated carbocycles. The Morgan fingerprint density at radius 1 is 1.04 bits per heavy atom. The first kappa shape index (κ1) is 24.9. The minimum Gasteiger partial charge on any atom is -0.748 e. The smallest absolute Gasteiger partial charge is 0.748 e. The molecule has 0 fully saturated rings. The van der Waals surface area contributed by atoms with Gasteiger partial charge in [-0.25, -0.2) is 8.42 Å². The minimum atomic E-state index is -4.30. The van der Waals surface area contributed by atoms with Crippen LogP contribution in [0.15, 0.2) is 18.2 Å². The van der Waals surface area contributed by atoms with E-state index < -0.39 is 15.4 Å². The number of aryl methyl sites for hydroxylation is 2. The quantitative estimate of drug-likeness (QED) is 0.314. The Hall–Kier alpha value is -0.0700. The van der Waals surface area contributed by atoms with Crippen molar-refractivity contribution in [2.75, 3.05) is 6.61 Å². The fourth-order valence-electron chi connectivity index (χ4n) is 2.56. The molecule has 0 radical (unpaired) electrons. The largest absolute Gasteiger partial charge is 1.00 e. The zero-order valence-electron chi connectivity index (χ0n) is 16.2. The molecule has 4 nitrogen and oxygen atoms in total. The molecule has 138 valence electrons. The second kappa shape index (κ2) is 13.2. The molecule has 0 aliphatic heterocycles. The van der Waals surface area contributed by atoms with Gasteiger partial charge in [-0.1, -0.05) is 51.7 Å². The van der Waals surface area contributed by atoms with Crippen molar-refractivity contribution in [2.45, 2.75) is 77.4 Å². The predicted octanol–water partition coefficient (Wildman–Crippen LogP) is 1.47. The van der Waals surface area contributed by atoms with Crippen LogP contribution in [0, 0.1) is 0 Å². The first-order valence-corrected chi connectivity index (χ1v) is 10.5. The van der Waals surface area contributed by atoms with Crippen LogP contribution in [-0.2, 0) is 23.0 Å². The van der Waals surface area contributed by atoms with E-state index in [0.29, 0.717) is 5.75 Å². The molecule has 1 unspecified atom stereocenters. The van der Waals surface area contributed by atoms with Crippen LogP contribution in [0.1, 0.15) is 70.4 Å². The summed E-state index contributed by atoms with van der Waals surface area (Å²) < 4.78 is 38.7. The Morgan fingerprint density at radius 2 is 1.64 bits per heavy atom. The topological polar surface area (TPSA) is 66.4 Å². The average molecular weight is 379 g/mol. The molecule has 1 aromatic rings. The molecule has 0 saturated heterocycles. The standard InChI is InChI=1S/C19H32O4S.Na/c1-4-6-8-10-17-12-13-19(18(14-17)11-9-7-5-2)23-15-16(3)24(20,21)22;/h12-14,16H,4-11,15H2,1-3H3,(H,20,21,22);/q;+1/p-1. The van der Waals surface area contributed by atoms with E-state index in [2.05, 4.69) is 19.9 Å². The number of rotatable bonds is 12. The van der Waals surface area contributed by atoms with Crippen molar-refractivity contribution in [1.29, 1.82) is 0 Å². The van der Waals surface area contributed by atoms with Gasteiger partial charge >= 0.3 is 29.6 Å². The molecular formula is C19H31NaO4S. The summed E-state index contributed by atoms with van der Waals surface area (Å²) in [6.45, 7) is 5.65. The number of unbranched alkanes of at least 4 members (excludes halogenated alkanes) is 4. The van der Waals surface area contributed by atoms with Gasteiger partial charge in [-0.15, -0.1) is 0 Å². The summed E-state index contributed by atoms with van der Waals surface area (Å²) in [5.74, 6) is 0.709. The molecule has 0 aliphatic rings. The Labute approximate surface area is 175 Å². The number of benzene rings is 1. The van der Waals surface area contributed by atoms with Gasteiger partial charge in [0, 0.05) is 0 Å². The van der Waals surface area contributed by atoms with Gasteiger partial charge in [0.15, 0.2) is 0 Å². The third kappa shape index (κ3) is 10.00. The monoisotopic (exact) mass is 378 g/mol. The number of hydrogen-bond acceptors (Lipinski definition) is 4. The molecule has 0 heterocycles. The first-order valence-electron chi connectivity index (χ1n) is 9.07. The summed E-state index contributed by atoms with van der Waals surface area (Å²) in [4.78, 5) is 0. The molecule has 1 aromatic carbocycles. The van der Waals surface area contributed by atoms with Crippen LogP contribution in [-0.4, -0.2) is 24.8 Å². The first-order chi connectivity index (χ1) is 11.4. The van der Waals surface area contributed by atoms with Crippen molar-refractivity contribution < 1.29 is 47.3 Å². The van der Waals surface area contributed by atoms with Crippen LogP contribution in [0.25, 0.3) is 0 Å². The van der Waals surface area contributed by atoms with Crippen molar-refractivity contribution >= 4 is 10.1 Å². The van der Waals surface area contributed by atoms with Crippen molar-refractivity contribution in [1.82, 2.24) is 0 Å². The van der Waals surface area contributed by atoms with E-state index in [4.69, 9.17) is 4.74 Å². The molecule has 0 N–H and O–H groups in total. The van der Waals surface area contributed by atoms with Crippen LogP contribution in [0.3, 0.4) is 0 Å². The van der Waals surface area contributed by atoms with Gasteiger partial charge in [0.05, 0.1) is 5.25 Å². The third-order valence-corrected chi connectivity index (χ3v) is 5.33. The molecule has 0 aromatic heterocycles. The van der Waals surface area contributed by atoms with Crippen molar-refractivity contribution in [2.24, 2.45) is 0 Å². The summed E-state index contributed by atoms with van der Waals surface area (Å²) in [5.41, 5.74) is 2.42. The van der Waals surface area contributed by atoms with Gasteiger partial charge in [0.1, 0.15) is 22.5 Å². The second-order valence-electron chi connectivity index (χ2n) is 6.47. The molecule has 1 rings (SSSR count). The average Bonchev–Trinajstić information content (AvgIpc) is 2.53. The van der Waals surface area contributed by atoms with Gasteiger partial charge in [-0.3, -0.25) is 0 Å². The van der Waals surface area contributed by atoms with Gasteiger partial charge in [-0.05, 0) is 49.8 Å². The van der Waals surface area contributed by atoms with Crippen LogP contribution in [0.5, 0.6) is 5.75 Å². The fraction of sp³-hybridized carbons (Fsp3) is 0.684. The van der Waals surface area contributed by atoms with Gasteiger partial charge in [-0.2, -0.15) is 0 Å². The molecule has 0 spiro atoms. The normalized spacial score (nSPS) is 12.5. The number of hydrogen-bond donors (Lipinski definition) is 0. The molecule has 1 atom stereocenters. The predicted molar refractivity (Wildman–Crippen MR) is 97.6 cm³/mol. The van der Waals surface area contributed by atoms with Gasteiger partial charge in [0.25, 0.3) is 0 Å². The minimum absolute atomic E-state index is 0. The Morgan fingerprint density at radius 3 is 2.20 bits per heavy atom. The van der Waals surface area contributed by atoms with E-state index in [1.807, 2.05) is 12.1 Å². The summed E-state index contributed by atoms with van der Waals surface area (Å²) in [6.07, 6.45) is 8.97. The molecule has 25 heavy (non-hydrogen) atoms. The molecular weight excluding hydrogens is 347 g/mol. The summed E-state index contributed by atoms with van der Waals surface area (Å²) in [6, 6.07) is 6.15.